The summed E-state index contributed by atoms with van der Waals surface area (Å²) in [5, 5.41) is 6.81. The number of methoxy groups -OCH3 is 1. The van der Waals surface area contributed by atoms with Crippen LogP contribution in [0.25, 0.3) is 0 Å². The maximum Gasteiger partial charge on any atom is 0.191 e. The Labute approximate surface area is 151 Å². The molecule has 0 radical (unpaired) electrons. The number of morpholine rings is 1. The van der Waals surface area contributed by atoms with Crippen molar-refractivity contribution in [2.45, 2.75) is 32.9 Å². The molecule has 1 aliphatic heterocycles. The third-order valence-corrected chi connectivity index (χ3v) is 4.67. The summed E-state index contributed by atoms with van der Waals surface area (Å²) in [6.45, 7) is 11.6. The smallest absolute Gasteiger partial charge is 0.191 e. The van der Waals surface area contributed by atoms with Crippen LogP contribution < -0.4 is 15.4 Å². The lowest BCUT2D eigenvalue weighted by molar-refractivity contribution is -0.00834. The van der Waals surface area contributed by atoms with Crippen LogP contribution in [-0.2, 0) is 11.3 Å². The van der Waals surface area contributed by atoms with Gasteiger partial charge < -0.3 is 20.1 Å². The average molecular weight is 348 g/mol. The standard InChI is InChI=1S/C19H32N4O2/c1-15-6-7-16(17(12-15)24-5)13-21-18(20-4)22-14-19(2,3)23-8-10-25-11-9-23/h6-7,12H,8-11,13-14H2,1-5H3,(H2,20,21,22). The van der Waals surface area contributed by atoms with Crippen LogP contribution >= 0.6 is 0 Å². The number of hydrogen-bond donors (Lipinski definition) is 2. The normalized spacial score (nSPS) is 16.6. The molecule has 0 atom stereocenters. The highest BCUT2D eigenvalue weighted by Gasteiger charge is 2.28. The zero-order chi connectivity index (χ0) is 18.3. The van der Waals surface area contributed by atoms with Gasteiger partial charge in [0.25, 0.3) is 0 Å². The lowest BCUT2D eigenvalue weighted by Gasteiger charge is -2.41. The minimum Gasteiger partial charge on any atom is -0.496 e. The number of benzene rings is 1. The van der Waals surface area contributed by atoms with E-state index in [1.165, 1.54) is 5.56 Å². The van der Waals surface area contributed by atoms with E-state index < -0.39 is 0 Å². The molecule has 2 rings (SSSR count). The van der Waals surface area contributed by atoms with Crippen LogP contribution in [0.2, 0.25) is 0 Å². The molecule has 0 aromatic heterocycles. The third-order valence-electron chi connectivity index (χ3n) is 4.67. The van der Waals surface area contributed by atoms with Gasteiger partial charge in [0.05, 0.1) is 20.3 Å². The highest BCUT2D eigenvalue weighted by molar-refractivity contribution is 5.79. The SMILES string of the molecule is CN=C(NCc1ccc(C)cc1OC)NCC(C)(C)N1CCOCC1. The Bertz CT molecular complexity index is 581. The number of ether oxygens (including phenoxy) is 2. The second kappa shape index (κ2) is 9.06. The van der Waals surface area contributed by atoms with E-state index in [-0.39, 0.29) is 5.54 Å². The van der Waals surface area contributed by atoms with E-state index in [0.717, 1.165) is 50.1 Å². The van der Waals surface area contributed by atoms with E-state index in [4.69, 9.17) is 9.47 Å². The van der Waals surface area contributed by atoms with Gasteiger partial charge in [0.15, 0.2) is 5.96 Å². The second-order valence-corrected chi connectivity index (χ2v) is 7.01. The molecule has 2 N–H and O–H groups in total. The topological polar surface area (TPSA) is 58.1 Å². The van der Waals surface area contributed by atoms with Crippen LogP contribution in [0.4, 0.5) is 0 Å². The highest BCUT2D eigenvalue weighted by Crippen LogP contribution is 2.19. The molecule has 1 heterocycles. The predicted molar refractivity (Wildman–Crippen MR) is 102 cm³/mol. The molecule has 6 nitrogen and oxygen atoms in total. The maximum absolute atomic E-state index is 5.47. The van der Waals surface area contributed by atoms with E-state index in [9.17, 15) is 0 Å². The zero-order valence-corrected chi connectivity index (χ0v) is 16.2. The predicted octanol–water partition coefficient (Wildman–Crippen LogP) is 1.78. The second-order valence-electron chi connectivity index (χ2n) is 7.01. The van der Waals surface area contributed by atoms with Crippen molar-refractivity contribution in [1.29, 1.82) is 0 Å². The van der Waals surface area contributed by atoms with Gasteiger partial charge in [-0.2, -0.15) is 0 Å². The van der Waals surface area contributed by atoms with Crippen molar-refractivity contribution in [2.75, 3.05) is 47.0 Å². The molecule has 0 bridgehead atoms. The Morgan fingerprint density at radius 1 is 1.28 bits per heavy atom. The molecular formula is C19H32N4O2. The van der Waals surface area contributed by atoms with Crippen molar-refractivity contribution in [3.8, 4) is 5.75 Å². The fourth-order valence-corrected chi connectivity index (χ4v) is 2.98. The highest BCUT2D eigenvalue weighted by atomic mass is 16.5. The molecule has 6 heteroatoms. The first-order chi connectivity index (χ1) is 12.0. The Morgan fingerprint density at radius 2 is 2.00 bits per heavy atom. The summed E-state index contributed by atoms with van der Waals surface area (Å²) in [5.74, 6) is 1.69. The fraction of sp³-hybridized carbons (Fsp3) is 0.632. The quantitative estimate of drug-likeness (QED) is 0.606. The van der Waals surface area contributed by atoms with Crippen molar-refractivity contribution in [3.63, 3.8) is 0 Å². The van der Waals surface area contributed by atoms with Gasteiger partial charge in [-0.25, -0.2) is 0 Å². The summed E-state index contributed by atoms with van der Waals surface area (Å²) in [4.78, 5) is 6.79. The Morgan fingerprint density at radius 3 is 2.64 bits per heavy atom. The van der Waals surface area contributed by atoms with E-state index in [2.05, 4.69) is 59.5 Å². The van der Waals surface area contributed by atoms with E-state index in [1.54, 1.807) is 14.2 Å². The largest absolute Gasteiger partial charge is 0.496 e. The van der Waals surface area contributed by atoms with Gasteiger partial charge in [-0.15, -0.1) is 0 Å². The lowest BCUT2D eigenvalue weighted by atomic mass is 10.0. The zero-order valence-electron chi connectivity index (χ0n) is 16.2. The minimum absolute atomic E-state index is 0.0446. The minimum atomic E-state index is 0.0446. The van der Waals surface area contributed by atoms with Crippen molar-refractivity contribution in [2.24, 2.45) is 4.99 Å². The van der Waals surface area contributed by atoms with Gasteiger partial charge in [-0.1, -0.05) is 12.1 Å². The van der Waals surface area contributed by atoms with Crippen molar-refractivity contribution < 1.29 is 9.47 Å². The van der Waals surface area contributed by atoms with Crippen LogP contribution in [0.1, 0.15) is 25.0 Å². The first-order valence-electron chi connectivity index (χ1n) is 8.87. The van der Waals surface area contributed by atoms with E-state index in [0.29, 0.717) is 6.54 Å². The number of nitrogens with one attached hydrogen (secondary N) is 2. The summed E-state index contributed by atoms with van der Waals surface area (Å²) < 4.78 is 10.9. The van der Waals surface area contributed by atoms with Gasteiger partial charge in [-0.05, 0) is 32.4 Å². The molecule has 140 valence electrons. The molecule has 0 amide bonds. The Hall–Kier alpha value is -1.79. The number of guanidine groups is 1. The van der Waals surface area contributed by atoms with Gasteiger partial charge in [-0.3, -0.25) is 9.89 Å². The summed E-state index contributed by atoms with van der Waals surface area (Å²) in [6, 6.07) is 6.23. The lowest BCUT2D eigenvalue weighted by Crippen LogP contribution is -2.56. The maximum atomic E-state index is 5.47. The van der Waals surface area contributed by atoms with E-state index >= 15 is 0 Å². The number of nitrogens with zero attached hydrogens (tertiary/aromatic N) is 2. The fourth-order valence-electron chi connectivity index (χ4n) is 2.98. The molecular weight excluding hydrogens is 316 g/mol. The van der Waals surface area contributed by atoms with Crippen LogP contribution in [0.3, 0.4) is 0 Å². The number of aliphatic imine (C=N–C) groups is 1. The van der Waals surface area contributed by atoms with Crippen molar-refractivity contribution in [1.82, 2.24) is 15.5 Å². The number of hydrogen-bond acceptors (Lipinski definition) is 4. The van der Waals surface area contributed by atoms with Gasteiger partial charge >= 0.3 is 0 Å². The molecule has 0 aliphatic carbocycles. The van der Waals surface area contributed by atoms with Gasteiger partial charge in [0.1, 0.15) is 5.75 Å². The molecule has 1 aromatic carbocycles. The first-order valence-corrected chi connectivity index (χ1v) is 8.87. The van der Waals surface area contributed by atoms with E-state index in [1.807, 2.05) is 0 Å². The van der Waals surface area contributed by atoms with Gasteiger partial charge in [0, 0.05) is 44.3 Å². The molecule has 1 aromatic rings. The van der Waals surface area contributed by atoms with Crippen LogP contribution in [-0.4, -0.2) is 63.4 Å². The summed E-state index contributed by atoms with van der Waals surface area (Å²) in [6.07, 6.45) is 0. The van der Waals surface area contributed by atoms with Crippen molar-refractivity contribution >= 4 is 5.96 Å². The molecule has 1 saturated heterocycles. The summed E-state index contributed by atoms with van der Waals surface area (Å²) in [7, 11) is 3.50. The van der Waals surface area contributed by atoms with Crippen molar-refractivity contribution in [3.05, 3.63) is 29.3 Å². The Kier molecular flexibility index (Phi) is 7.08. The third kappa shape index (κ3) is 5.61. The molecule has 1 fully saturated rings. The molecule has 0 spiro atoms. The molecule has 0 unspecified atom stereocenters. The molecule has 1 aliphatic rings. The van der Waals surface area contributed by atoms with Crippen LogP contribution in [0.5, 0.6) is 5.75 Å². The summed E-state index contributed by atoms with van der Waals surface area (Å²) in [5.41, 5.74) is 2.35. The summed E-state index contributed by atoms with van der Waals surface area (Å²) >= 11 is 0. The van der Waals surface area contributed by atoms with Gasteiger partial charge in [0.2, 0.25) is 0 Å². The molecule has 25 heavy (non-hydrogen) atoms. The average Bonchev–Trinajstić information content (AvgIpc) is 2.63. The Balaban J connectivity index is 1.88. The molecule has 0 saturated carbocycles. The monoisotopic (exact) mass is 348 g/mol. The number of rotatable bonds is 6. The number of aryl methyl sites for hydroxylation is 1. The first kappa shape index (κ1) is 19.5. The van der Waals surface area contributed by atoms with Crippen LogP contribution in [0.15, 0.2) is 23.2 Å². The van der Waals surface area contributed by atoms with Crippen LogP contribution in [0, 0.1) is 6.92 Å².